The Balaban J connectivity index is 0.00000225. The van der Waals surface area contributed by atoms with Gasteiger partial charge in [0.1, 0.15) is 9.79 Å². The fourth-order valence-corrected chi connectivity index (χ4v) is 6.51. The van der Waals surface area contributed by atoms with Gasteiger partial charge in [0.2, 0.25) is 20.0 Å². The van der Waals surface area contributed by atoms with Gasteiger partial charge in [-0.25, -0.2) is 21.1 Å². The third-order valence-corrected chi connectivity index (χ3v) is 8.64. The lowest BCUT2D eigenvalue weighted by atomic mass is 10.1. The maximum absolute atomic E-state index is 13.1. The molecule has 10 heteroatoms. The molecular formula is C15H24ClN3O4S2. The molecule has 142 valence electrons. The third-order valence-electron chi connectivity index (χ3n) is 4.71. The highest BCUT2D eigenvalue weighted by Gasteiger charge is 2.37. The Morgan fingerprint density at radius 2 is 1.60 bits per heavy atom. The number of benzene rings is 1. The fourth-order valence-electron chi connectivity index (χ4n) is 3.34. The van der Waals surface area contributed by atoms with Gasteiger partial charge in [0.15, 0.2) is 0 Å². The summed E-state index contributed by atoms with van der Waals surface area (Å²) in [5, 5.41) is 3.44. The molecular weight excluding hydrogens is 386 g/mol. The zero-order chi connectivity index (χ0) is 17.5. The Bertz CT molecular complexity index is 827. The third kappa shape index (κ3) is 3.86. The van der Waals surface area contributed by atoms with Gasteiger partial charge in [0, 0.05) is 39.3 Å². The van der Waals surface area contributed by atoms with E-state index in [9.17, 15) is 16.8 Å². The van der Waals surface area contributed by atoms with Crippen molar-refractivity contribution in [2.45, 2.75) is 41.1 Å². The van der Waals surface area contributed by atoms with Gasteiger partial charge in [0.05, 0.1) is 0 Å². The van der Waals surface area contributed by atoms with Crippen LogP contribution in [-0.2, 0) is 20.0 Å². The Morgan fingerprint density at radius 3 is 2.24 bits per heavy atom. The first kappa shape index (κ1) is 20.6. The molecule has 0 radical (unpaired) electrons. The molecule has 1 aromatic rings. The van der Waals surface area contributed by atoms with Crippen molar-refractivity contribution >= 4 is 32.5 Å². The lowest BCUT2D eigenvalue weighted by Crippen LogP contribution is -2.39. The van der Waals surface area contributed by atoms with Crippen LogP contribution in [0.2, 0.25) is 0 Å². The molecule has 0 saturated carbocycles. The predicted octanol–water partition coefficient (Wildman–Crippen LogP) is 0.874. The van der Waals surface area contributed by atoms with Crippen molar-refractivity contribution in [1.29, 1.82) is 0 Å². The minimum atomic E-state index is -3.87. The van der Waals surface area contributed by atoms with Crippen LogP contribution < -0.4 is 5.32 Å². The van der Waals surface area contributed by atoms with Gasteiger partial charge >= 0.3 is 0 Å². The predicted molar refractivity (Wildman–Crippen MR) is 97.9 cm³/mol. The summed E-state index contributed by atoms with van der Waals surface area (Å²) < 4.78 is 53.7. The molecule has 0 aliphatic carbocycles. The van der Waals surface area contributed by atoms with E-state index in [0.29, 0.717) is 19.1 Å². The van der Waals surface area contributed by atoms with E-state index < -0.39 is 20.0 Å². The van der Waals surface area contributed by atoms with Crippen molar-refractivity contribution in [2.75, 3.05) is 27.2 Å². The Kier molecular flexibility index (Phi) is 6.18. The van der Waals surface area contributed by atoms with Crippen LogP contribution in [0.3, 0.4) is 0 Å². The van der Waals surface area contributed by atoms with Gasteiger partial charge in [-0.3, -0.25) is 0 Å². The van der Waals surface area contributed by atoms with E-state index in [1.54, 1.807) is 12.1 Å². The molecule has 0 aromatic heterocycles. The van der Waals surface area contributed by atoms with Gasteiger partial charge in [-0.05, 0) is 31.4 Å². The largest absolute Gasteiger partial charge is 0.310 e. The summed E-state index contributed by atoms with van der Waals surface area (Å²) in [5.41, 5.74) is 0. The van der Waals surface area contributed by atoms with Crippen LogP contribution in [0.15, 0.2) is 34.1 Å². The molecule has 25 heavy (non-hydrogen) atoms. The van der Waals surface area contributed by atoms with Crippen molar-refractivity contribution in [2.24, 2.45) is 0 Å². The molecule has 2 heterocycles. The molecule has 0 amide bonds. The van der Waals surface area contributed by atoms with Crippen LogP contribution in [0.25, 0.3) is 0 Å². The molecule has 1 N–H and O–H groups in total. The molecule has 2 bridgehead atoms. The van der Waals surface area contributed by atoms with E-state index in [1.165, 1.54) is 30.5 Å². The van der Waals surface area contributed by atoms with Gasteiger partial charge in [-0.15, -0.1) is 12.4 Å². The Hall–Kier alpha value is -0.710. The summed E-state index contributed by atoms with van der Waals surface area (Å²) in [5.74, 6) is 0. The average molecular weight is 410 g/mol. The number of hydrogen-bond donors (Lipinski definition) is 1. The second-order valence-corrected chi connectivity index (χ2v) is 10.6. The first-order valence-corrected chi connectivity index (χ1v) is 10.9. The molecule has 2 fully saturated rings. The molecule has 1 aromatic carbocycles. The monoisotopic (exact) mass is 409 g/mol. The minimum Gasteiger partial charge on any atom is -0.310 e. The van der Waals surface area contributed by atoms with Crippen molar-refractivity contribution in [3.05, 3.63) is 24.3 Å². The summed E-state index contributed by atoms with van der Waals surface area (Å²) in [6.45, 7) is 0.794. The van der Waals surface area contributed by atoms with Crippen LogP contribution in [0.4, 0.5) is 0 Å². The maximum atomic E-state index is 13.1. The van der Waals surface area contributed by atoms with E-state index >= 15 is 0 Å². The quantitative estimate of drug-likeness (QED) is 0.797. The van der Waals surface area contributed by atoms with Crippen molar-refractivity contribution < 1.29 is 16.8 Å². The summed E-state index contributed by atoms with van der Waals surface area (Å²) in [6.07, 6.45) is 2.77. The summed E-state index contributed by atoms with van der Waals surface area (Å²) in [4.78, 5) is -0.311. The molecule has 2 saturated heterocycles. The molecule has 3 rings (SSSR count). The standard InChI is InChI=1S/C15H23N3O4S2.ClH/c1-17(2)23(19,20)14-5-3-4-6-15(14)24(21,22)18-10-9-12-7-8-13(11-18)16-12;/h3-6,12-13,16H,7-11H2,1-2H3;1H. The molecule has 0 spiro atoms. The maximum Gasteiger partial charge on any atom is 0.244 e. The first-order chi connectivity index (χ1) is 11.2. The average Bonchev–Trinajstić information content (AvgIpc) is 2.85. The molecule has 2 unspecified atom stereocenters. The number of nitrogens with one attached hydrogen (secondary N) is 1. The van der Waals surface area contributed by atoms with Gasteiger partial charge in [-0.1, -0.05) is 12.1 Å². The topological polar surface area (TPSA) is 86.8 Å². The number of halogens is 1. The Morgan fingerprint density at radius 1 is 1.00 bits per heavy atom. The van der Waals surface area contributed by atoms with Crippen molar-refractivity contribution in [1.82, 2.24) is 13.9 Å². The zero-order valence-corrected chi connectivity index (χ0v) is 16.7. The van der Waals surface area contributed by atoms with E-state index in [1.807, 2.05) is 0 Å². The second-order valence-electron chi connectivity index (χ2n) is 6.52. The van der Waals surface area contributed by atoms with Crippen LogP contribution in [0, 0.1) is 0 Å². The summed E-state index contributed by atoms with van der Waals surface area (Å²) >= 11 is 0. The smallest absolute Gasteiger partial charge is 0.244 e. The molecule has 7 nitrogen and oxygen atoms in total. The summed E-state index contributed by atoms with van der Waals surface area (Å²) in [7, 11) is -4.91. The SMILES string of the molecule is CN(C)S(=O)(=O)c1ccccc1S(=O)(=O)N1CCC2CCC(C1)N2.Cl. The van der Waals surface area contributed by atoms with Crippen LogP contribution in [-0.4, -0.2) is 64.7 Å². The van der Waals surface area contributed by atoms with Crippen LogP contribution >= 0.6 is 12.4 Å². The molecule has 2 atom stereocenters. The molecule has 2 aliphatic heterocycles. The van der Waals surface area contributed by atoms with Crippen LogP contribution in [0.1, 0.15) is 19.3 Å². The van der Waals surface area contributed by atoms with Gasteiger partial charge in [0.25, 0.3) is 0 Å². The minimum absolute atomic E-state index is 0. The van der Waals surface area contributed by atoms with E-state index in [2.05, 4.69) is 5.32 Å². The van der Waals surface area contributed by atoms with E-state index in [-0.39, 0.29) is 28.2 Å². The van der Waals surface area contributed by atoms with Gasteiger partial charge < -0.3 is 5.32 Å². The normalized spacial score (nSPS) is 24.8. The van der Waals surface area contributed by atoms with Crippen molar-refractivity contribution in [3.8, 4) is 0 Å². The highest BCUT2D eigenvalue weighted by Crippen LogP contribution is 2.29. The lowest BCUT2D eigenvalue weighted by Gasteiger charge is -2.25. The first-order valence-electron chi connectivity index (χ1n) is 8.00. The second kappa shape index (κ2) is 7.50. The zero-order valence-electron chi connectivity index (χ0n) is 14.3. The molecule has 2 aliphatic rings. The number of hydrogen-bond acceptors (Lipinski definition) is 5. The fraction of sp³-hybridized carbons (Fsp3) is 0.600. The highest BCUT2D eigenvalue weighted by molar-refractivity contribution is 7.92. The van der Waals surface area contributed by atoms with E-state index in [0.717, 1.165) is 23.6 Å². The van der Waals surface area contributed by atoms with E-state index in [4.69, 9.17) is 0 Å². The lowest BCUT2D eigenvalue weighted by molar-refractivity contribution is 0.382. The van der Waals surface area contributed by atoms with Gasteiger partial charge in [-0.2, -0.15) is 4.31 Å². The number of fused-ring (bicyclic) bond motifs is 2. The van der Waals surface area contributed by atoms with Crippen LogP contribution in [0.5, 0.6) is 0 Å². The number of nitrogens with zero attached hydrogens (tertiary/aromatic N) is 2. The number of rotatable bonds is 4. The Labute approximate surface area is 155 Å². The number of sulfonamides is 2. The van der Waals surface area contributed by atoms with Crippen molar-refractivity contribution in [3.63, 3.8) is 0 Å². The summed E-state index contributed by atoms with van der Waals surface area (Å²) in [6, 6.07) is 6.33. The highest BCUT2D eigenvalue weighted by atomic mass is 35.5.